The molecule has 2 aromatic rings. The zero-order valence-corrected chi connectivity index (χ0v) is 17.2. The molecule has 0 amide bonds. The van der Waals surface area contributed by atoms with E-state index in [2.05, 4.69) is 0 Å². The molecule has 30 heavy (non-hydrogen) atoms. The summed E-state index contributed by atoms with van der Waals surface area (Å²) in [5.74, 6) is -0.141. The first-order valence-corrected chi connectivity index (χ1v) is 10.4. The van der Waals surface area contributed by atoms with Crippen LogP contribution in [0, 0.1) is 18.2 Å². The first kappa shape index (κ1) is 20.8. The molecule has 2 saturated heterocycles. The molecule has 6 heteroatoms. The molecule has 2 bridgehead atoms. The Morgan fingerprint density at radius 2 is 1.93 bits per heavy atom. The van der Waals surface area contributed by atoms with Crippen molar-refractivity contribution in [1.29, 1.82) is 0 Å². The third-order valence-electron chi connectivity index (χ3n) is 6.40. The van der Waals surface area contributed by atoms with E-state index >= 15 is 0 Å². The highest BCUT2D eigenvalue weighted by Crippen LogP contribution is 2.55. The van der Waals surface area contributed by atoms with Gasteiger partial charge in [0.25, 0.3) is 0 Å². The number of aliphatic carboxylic acids is 1. The van der Waals surface area contributed by atoms with Crippen LogP contribution in [0.25, 0.3) is 0 Å². The van der Waals surface area contributed by atoms with Crippen molar-refractivity contribution in [2.24, 2.45) is 5.41 Å². The Labute approximate surface area is 175 Å². The summed E-state index contributed by atoms with van der Waals surface area (Å²) in [6, 6.07) is 12.5. The second kappa shape index (κ2) is 8.36. The zero-order valence-electron chi connectivity index (χ0n) is 17.2. The largest absolute Gasteiger partial charge is 0.480 e. The predicted molar refractivity (Wildman–Crippen MR) is 109 cm³/mol. The van der Waals surface area contributed by atoms with Crippen LogP contribution in [0.15, 0.2) is 42.5 Å². The van der Waals surface area contributed by atoms with Crippen molar-refractivity contribution >= 4 is 5.97 Å². The Balaban J connectivity index is 1.45. The molecule has 1 saturated carbocycles. The van der Waals surface area contributed by atoms with Crippen molar-refractivity contribution in [1.82, 2.24) is 0 Å². The topological polar surface area (TPSA) is 65.0 Å². The minimum atomic E-state index is -0.954. The van der Waals surface area contributed by atoms with Gasteiger partial charge in [-0.05, 0) is 79.8 Å². The van der Waals surface area contributed by atoms with Crippen molar-refractivity contribution < 1.29 is 28.5 Å². The number of carboxylic acids is 1. The summed E-state index contributed by atoms with van der Waals surface area (Å²) in [5.41, 5.74) is 1.43. The molecule has 5 rings (SSSR count). The van der Waals surface area contributed by atoms with E-state index in [1.165, 1.54) is 6.07 Å². The molecule has 2 aromatic carbocycles. The molecule has 1 aliphatic carbocycles. The summed E-state index contributed by atoms with van der Waals surface area (Å²) in [4.78, 5) is 10.6. The van der Waals surface area contributed by atoms with E-state index < -0.39 is 11.6 Å². The van der Waals surface area contributed by atoms with Crippen LogP contribution in [-0.2, 0) is 19.9 Å². The van der Waals surface area contributed by atoms with Gasteiger partial charge in [-0.1, -0.05) is 12.1 Å². The average molecular weight is 414 g/mol. The van der Waals surface area contributed by atoms with Gasteiger partial charge in [-0.3, -0.25) is 0 Å². The number of halogens is 1. The highest BCUT2D eigenvalue weighted by Gasteiger charge is 2.50. The lowest BCUT2D eigenvalue weighted by atomic mass is 9.63. The lowest BCUT2D eigenvalue weighted by molar-refractivity contribution is -0.194. The molecule has 2 heterocycles. The minimum absolute atomic E-state index is 0.0223. The van der Waals surface area contributed by atoms with E-state index in [9.17, 15) is 9.18 Å². The Morgan fingerprint density at radius 1 is 1.13 bits per heavy atom. The van der Waals surface area contributed by atoms with E-state index in [1.54, 1.807) is 6.07 Å². The predicted octanol–water partition coefficient (Wildman–Crippen LogP) is 5.20. The van der Waals surface area contributed by atoms with E-state index in [1.807, 2.05) is 37.3 Å². The number of rotatable bonds is 8. The number of hydrogen-bond donors (Lipinski definition) is 1. The fraction of sp³-hybridized carbons (Fsp3) is 0.458. The second-order valence-electron chi connectivity index (χ2n) is 8.57. The van der Waals surface area contributed by atoms with E-state index in [-0.39, 0.29) is 17.8 Å². The van der Waals surface area contributed by atoms with Gasteiger partial charge in [0.1, 0.15) is 23.9 Å². The normalized spacial score (nSPS) is 25.3. The van der Waals surface area contributed by atoms with Crippen LogP contribution in [0.5, 0.6) is 11.5 Å². The third kappa shape index (κ3) is 4.50. The van der Waals surface area contributed by atoms with Gasteiger partial charge >= 0.3 is 5.97 Å². The van der Waals surface area contributed by atoms with Crippen LogP contribution in [0.2, 0.25) is 0 Å². The molecule has 160 valence electrons. The van der Waals surface area contributed by atoms with Gasteiger partial charge < -0.3 is 19.3 Å². The van der Waals surface area contributed by atoms with Gasteiger partial charge in [0, 0.05) is 12.7 Å². The maximum absolute atomic E-state index is 14.4. The van der Waals surface area contributed by atoms with Gasteiger partial charge in [0.05, 0.1) is 12.2 Å². The molecule has 0 unspecified atom stereocenters. The molecular weight excluding hydrogens is 387 g/mol. The number of fused-ring (bicyclic) bond motifs is 3. The number of carboxylic acid groups (broad SMARTS) is 1. The monoisotopic (exact) mass is 414 g/mol. The van der Waals surface area contributed by atoms with Crippen molar-refractivity contribution in [3.63, 3.8) is 0 Å². The van der Waals surface area contributed by atoms with Crippen molar-refractivity contribution in [3.8, 4) is 11.5 Å². The summed E-state index contributed by atoms with van der Waals surface area (Å²) in [6.07, 6.45) is 4.29. The Kier molecular flexibility index (Phi) is 5.80. The third-order valence-corrected chi connectivity index (χ3v) is 6.40. The van der Waals surface area contributed by atoms with E-state index in [0.29, 0.717) is 24.7 Å². The minimum Gasteiger partial charge on any atom is -0.480 e. The highest BCUT2D eigenvalue weighted by atomic mass is 19.1. The number of carbonyl (C=O) groups is 1. The molecule has 5 nitrogen and oxygen atoms in total. The Hall–Kier alpha value is -2.44. The molecule has 1 N–H and O–H groups in total. The zero-order chi connectivity index (χ0) is 21.2. The lowest BCUT2D eigenvalue weighted by Crippen LogP contribution is -2.49. The number of aryl methyl sites for hydroxylation is 1. The summed E-state index contributed by atoms with van der Waals surface area (Å²) in [6.45, 7) is 2.71. The van der Waals surface area contributed by atoms with Crippen molar-refractivity contribution in [2.45, 2.75) is 44.6 Å². The molecule has 0 atom stereocenters. The first-order valence-electron chi connectivity index (χ1n) is 10.4. The molecule has 3 aliphatic rings. The smallest absolute Gasteiger partial charge is 0.329 e. The van der Waals surface area contributed by atoms with E-state index in [4.69, 9.17) is 19.3 Å². The number of ether oxygens (including phenoxy) is 3. The maximum atomic E-state index is 14.4. The SMILES string of the molecule is Cc1cccc(Oc2cc(F)cc(C34CCC(CCOCC(=O)O)(CC3)CO4)c2)c1. The van der Waals surface area contributed by atoms with E-state index in [0.717, 1.165) is 43.2 Å². The second-order valence-corrected chi connectivity index (χ2v) is 8.57. The van der Waals surface area contributed by atoms with Gasteiger partial charge in [-0.15, -0.1) is 0 Å². The fourth-order valence-electron chi connectivity index (χ4n) is 4.61. The van der Waals surface area contributed by atoms with Crippen LogP contribution < -0.4 is 4.74 Å². The van der Waals surface area contributed by atoms with Crippen LogP contribution in [0.4, 0.5) is 4.39 Å². The van der Waals surface area contributed by atoms with Gasteiger partial charge in [0.15, 0.2) is 0 Å². The van der Waals surface area contributed by atoms with Crippen LogP contribution in [0.1, 0.15) is 43.2 Å². The van der Waals surface area contributed by atoms with Crippen molar-refractivity contribution in [2.75, 3.05) is 19.8 Å². The number of benzene rings is 2. The standard InChI is InChI=1S/C24H27FO5/c1-17-3-2-4-20(11-17)30-21-13-18(12-19(25)14-21)24-7-5-23(6-8-24,16-29-24)9-10-28-15-22(26)27/h2-4,11-14H,5-10,15-16H2,1H3,(H,26,27). The molecule has 0 aromatic heterocycles. The molecular formula is C24H27FO5. The van der Waals surface area contributed by atoms with Gasteiger partial charge in [0.2, 0.25) is 0 Å². The Bertz CT molecular complexity index is 901. The average Bonchev–Trinajstić information content (AvgIpc) is 2.72. The Morgan fingerprint density at radius 3 is 2.60 bits per heavy atom. The molecule has 3 fully saturated rings. The highest BCUT2D eigenvalue weighted by molar-refractivity contribution is 5.67. The number of hydrogen-bond acceptors (Lipinski definition) is 4. The summed E-state index contributed by atoms with van der Waals surface area (Å²) in [5, 5.41) is 8.70. The van der Waals surface area contributed by atoms with Gasteiger partial charge in [-0.2, -0.15) is 0 Å². The fourth-order valence-corrected chi connectivity index (χ4v) is 4.61. The molecule has 0 radical (unpaired) electrons. The van der Waals surface area contributed by atoms with Crippen molar-refractivity contribution in [3.05, 3.63) is 59.4 Å². The lowest BCUT2D eigenvalue weighted by Gasteiger charge is -2.53. The molecule has 2 aliphatic heterocycles. The summed E-state index contributed by atoms with van der Waals surface area (Å²) < 4.78 is 31.9. The van der Waals surface area contributed by atoms with Gasteiger partial charge in [-0.25, -0.2) is 9.18 Å². The summed E-state index contributed by atoms with van der Waals surface area (Å²) in [7, 11) is 0. The maximum Gasteiger partial charge on any atom is 0.329 e. The first-order chi connectivity index (χ1) is 14.4. The quantitative estimate of drug-likeness (QED) is 0.601. The van der Waals surface area contributed by atoms with Crippen LogP contribution >= 0.6 is 0 Å². The van der Waals surface area contributed by atoms with Crippen LogP contribution in [-0.4, -0.2) is 30.9 Å². The molecule has 0 spiro atoms. The van der Waals surface area contributed by atoms with Crippen LogP contribution in [0.3, 0.4) is 0 Å². The summed E-state index contributed by atoms with van der Waals surface area (Å²) >= 11 is 0.